The molecule has 2 fully saturated rings. The molecule has 0 radical (unpaired) electrons. The number of likely N-dealkylation sites (tertiary alicyclic amines) is 2. The molecule has 0 unspecified atom stereocenters. The first-order valence-electron chi connectivity index (χ1n) is 12.3. The molecule has 0 bridgehead atoms. The largest absolute Gasteiger partial charge is 0.444 e. The van der Waals surface area contributed by atoms with Gasteiger partial charge in [0.2, 0.25) is 0 Å². The Balaban J connectivity index is 0.000000255. The summed E-state index contributed by atoms with van der Waals surface area (Å²) in [5.41, 5.74) is 5.59. The molecule has 2 aliphatic rings. The van der Waals surface area contributed by atoms with Crippen LogP contribution in [-0.4, -0.2) is 67.9 Å². The van der Waals surface area contributed by atoms with E-state index < -0.39 is 23.3 Å². The molecule has 0 aliphatic carbocycles. The van der Waals surface area contributed by atoms with E-state index in [4.69, 9.17) is 20.5 Å². The quantitative estimate of drug-likeness (QED) is 0.652. The van der Waals surface area contributed by atoms with Gasteiger partial charge in [0.15, 0.2) is 5.78 Å². The van der Waals surface area contributed by atoms with Crippen LogP contribution in [0, 0.1) is 11.3 Å². The second kappa shape index (κ2) is 11.6. The van der Waals surface area contributed by atoms with Gasteiger partial charge in [-0.25, -0.2) is 9.59 Å². The zero-order valence-electron chi connectivity index (χ0n) is 22.5. The van der Waals surface area contributed by atoms with E-state index in [1.807, 2.05) is 32.9 Å². The summed E-state index contributed by atoms with van der Waals surface area (Å²) >= 11 is 0. The summed E-state index contributed by atoms with van der Waals surface area (Å²) in [6.07, 6.45) is 2.37. The van der Waals surface area contributed by atoms with Crippen molar-refractivity contribution >= 4 is 23.8 Å². The summed E-state index contributed by atoms with van der Waals surface area (Å²) in [5, 5.41) is 12.9. The lowest BCUT2D eigenvalue weighted by Crippen LogP contribution is -2.43. The maximum absolute atomic E-state index is 12.2. The van der Waals surface area contributed by atoms with Crippen LogP contribution < -0.4 is 5.73 Å². The molecule has 11 nitrogen and oxygen atoms in total. The molecular weight excluding hydrogens is 464 g/mol. The number of hydrogen-bond donors (Lipinski definition) is 1. The molecule has 2 N–H and O–H groups in total. The number of aromatic nitrogens is 2. The number of aryl methyl sites for hydroxylation is 1. The normalized spacial score (nSPS) is 19.8. The van der Waals surface area contributed by atoms with Crippen molar-refractivity contribution in [3.63, 3.8) is 0 Å². The van der Waals surface area contributed by atoms with Crippen molar-refractivity contribution in [2.24, 2.45) is 7.05 Å². The van der Waals surface area contributed by atoms with Gasteiger partial charge in [-0.2, -0.15) is 10.4 Å². The van der Waals surface area contributed by atoms with E-state index in [-0.39, 0.29) is 24.3 Å². The highest BCUT2D eigenvalue weighted by molar-refractivity contribution is 5.89. The second-order valence-corrected chi connectivity index (χ2v) is 11.1. The number of nitrogens with zero attached hydrogens (tertiary/aromatic N) is 5. The summed E-state index contributed by atoms with van der Waals surface area (Å²) < 4.78 is 12.3. The number of nitrogens with two attached hydrogens (primary N) is 1. The van der Waals surface area contributed by atoms with Gasteiger partial charge < -0.3 is 15.2 Å². The summed E-state index contributed by atoms with van der Waals surface area (Å²) in [6, 6.07) is 3.14. The van der Waals surface area contributed by atoms with Crippen LogP contribution in [0.1, 0.15) is 85.4 Å². The molecule has 3 rings (SSSR count). The summed E-state index contributed by atoms with van der Waals surface area (Å²) in [7, 11) is 1.80. The first kappa shape index (κ1) is 28.9. The van der Waals surface area contributed by atoms with Crippen LogP contribution in [0.3, 0.4) is 0 Å². The Kier molecular flexibility index (Phi) is 9.35. The van der Waals surface area contributed by atoms with E-state index in [2.05, 4.69) is 5.10 Å². The van der Waals surface area contributed by atoms with Crippen LogP contribution >= 0.6 is 0 Å². The van der Waals surface area contributed by atoms with Crippen LogP contribution in [0.15, 0.2) is 6.07 Å². The Morgan fingerprint density at radius 3 is 2.06 bits per heavy atom. The zero-order chi connectivity index (χ0) is 27.3. The molecule has 1 aromatic heterocycles. The van der Waals surface area contributed by atoms with E-state index in [9.17, 15) is 14.4 Å². The number of hydrogen-bond acceptors (Lipinski definition) is 8. The molecule has 2 saturated heterocycles. The van der Waals surface area contributed by atoms with Crippen molar-refractivity contribution in [1.82, 2.24) is 19.6 Å². The Hall–Kier alpha value is -3.29. The first-order chi connectivity index (χ1) is 16.6. The van der Waals surface area contributed by atoms with Crippen LogP contribution in [0.25, 0.3) is 0 Å². The van der Waals surface area contributed by atoms with Crippen molar-refractivity contribution < 1.29 is 23.9 Å². The highest BCUT2D eigenvalue weighted by atomic mass is 16.6. The standard InChI is InChI=1S/C13H22N4O2.C12H18N2O3/c1-13(2,3)19-12(18)17-7-5-6-10(17)9-8-11(14)16(4)15-9;1-12(2,3)17-11(16)14-8-4-5-9(14)10(15)6-7-13/h8,10H,5-7,14H2,1-4H3;9H,4-6,8H2,1-3H3/t10-;9-/m00/s1. The highest BCUT2D eigenvalue weighted by Crippen LogP contribution is 2.33. The molecule has 200 valence electrons. The third kappa shape index (κ3) is 8.14. The molecule has 0 spiro atoms. The van der Waals surface area contributed by atoms with Gasteiger partial charge >= 0.3 is 12.2 Å². The molecule has 3 heterocycles. The van der Waals surface area contributed by atoms with Gasteiger partial charge in [0.05, 0.1) is 30.3 Å². The number of ether oxygens (including phenoxy) is 2. The number of carbonyl (C=O) groups is 3. The van der Waals surface area contributed by atoms with Crippen LogP contribution in [-0.2, 0) is 21.3 Å². The molecule has 2 amide bonds. The summed E-state index contributed by atoms with van der Waals surface area (Å²) in [5.74, 6) is 0.405. The molecule has 2 aliphatic heterocycles. The minimum absolute atomic E-state index is 0.0293. The Labute approximate surface area is 213 Å². The minimum atomic E-state index is -0.567. The fourth-order valence-corrected chi connectivity index (χ4v) is 4.12. The number of nitriles is 1. The van der Waals surface area contributed by atoms with E-state index in [1.54, 1.807) is 37.4 Å². The van der Waals surface area contributed by atoms with Gasteiger partial charge in [-0.1, -0.05) is 0 Å². The van der Waals surface area contributed by atoms with Gasteiger partial charge in [-0.3, -0.25) is 19.3 Å². The lowest BCUT2D eigenvalue weighted by molar-refractivity contribution is -0.122. The summed E-state index contributed by atoms with van der Waals surface area (Å²) in [6.45, 7) is 12.2. The van der Waals surface area contributed by atoms with Crippen molar-refractivity contribution in [3.8, 4) is 6.07 Å². The zero-order valence-corrected chi connectivity index (χ0v) is 22.5. The van der Waals surface area contributed by atoms with E-state index in [0.29, 0.717) is 25.3 Å². The lowest BCUT2D eigenvalue weighted by atomic mass is 10.1. The van der Waals surface area contributed by atoms with Crippen molar-refractivity contribution in [2.45, 2.75) is 96.9 Å². The van der Waals surface area contributed by atoms with E-state index in [0.717, 1.165) is 25.0 Å². The van der Waals surface area contributed by atoms with Gasteiger partial charge in [0, 0.05) is 26.2 Å². The topological polar surface area (TPSA) is 144 Å². The third-order valence-corrected chi connectivity index (χ3v) is 5.66. The number of Topliss-reactive ketones (excluding diaryl/α,β-unsaturated/α-hetero) is 1. The molecule has 0 aromatic carbocycles. The van der Waals surface area contributed by atoms with Crippen LogP contribution in [0.5, 0.6) is 0 Å². The van der Waals surface area contributed by atoms with Gasteiger partial charge in [0.1, 0.15) is 17.0 Å². The van der Waals surface area contributed by atoms with Gasteiger partial charge in [0.25, 0.3) is 0 Å². The smallest absolute Gasteiger partial charge is 0.410 e. The second-order valence-electron chi connectivity index (χ2n) is 11.1. The lowest BCUT2D eigenvalue weighted by Gasteiger charge is -2.27. The Morgan fingerprint density at radius 1 is 1.03 bits per heavy atom. The number of rotatable bonds is 3. The fourth-order valence-electron chi connectivity index (χ4n) is 4.12. The van der Waals surface area contributed by atoms with Crippen molar-refractivity contribution in [1.29, 1.82) is 5.26 Å². The SMILES string of the molecule is CC(C)(C)OC(=O)N1CCC[C@H]1C(=O)CC#N.Cn1nc([C@@H]2CCCN2C(=O)OC(C)(C)C)cc1N. The molecule has 2 atom stereocenters. The number of amides is 2. The Morgan fingerprint density at radius 2 is 1.56 bits per heavy atom. The third-order valence-electron chi connectivity index (χ3n) is 5.66. The summed E-state index contributed by atoms with van der Waals surface area (Å²) in [4.78, 5) is 38.9. The average Bonchev–Trinajstić information content (AvgIpc) is 3.46. The van der Waals surface area contributed by atoms with Crippen LogP contribution in [0.4, 0.5) is 15.4 Å². The minimum Gasteiger partial charge on any atom is -0.444 e. The van der Waals surface area contributed by atoms with Crippen molar-refractivity contribution in [3.05, 3.63) is 11.8 Å². The van der Waals surface area contributed by atoms with Crippen LogP contribution in [0.2, 0.25) is 0 Å². The number of nitrogen functional groups attached to an aromatic ring is 1. The van der Waals surface area contributed by atoms with Gasteiger partial charge in [-0.05, 0) is 67.2 Å². The predicted molar refractivity (Wildman–Crippen MR) is 134 cm³/mol. The number of carbonyl (C=O) groups excluding carboxylic acids is 3. The van der Waals surface area contributed by atoms with E-state index in [1.165, 1.54) is 4.90 Å². The predicted octanol–water partition coefficient (Wildman–Crippen LogP) is 3.94. The highest BCUT2D eigenvalue weighted by Gasteiger charge is 2.36. The Bertz CT molecular complexity index is 965. The molecule has 1 aromatic rings. The average molecular weight is 505 g/mol. The van der Waals surface area contributed by atoms with Gasteiger partial charge in [-0.15, -0.1) is 0 Å². The van der Waals surface area contributed by atoms with Crippen molar-refractivity contribution in [2.75, 3.05) is 18.8 Å². The maximum atomic E-state index is 12.2. The fraction of sp³-hybridized carbons (Fsp3) is 0.720. The molecule has 36 heavy (non-hydrogen) atoms. The first-order valence-corrected chi connectivity index (χ1v) is 12.3. The molecule has 0 saturated carbocycles. The monoisotopic (exact) mass is 504 g/mol. The van der Waals surface area contributed by atoms with E-state index >= 15 is 0 Å². The molecule has 11 heteroatoms. The number of ketones is 1. The molecular formula is C25H40N6O5. The number of anilines is 1. The maximum Gasteiger partial charge on any atom is 0.410 e.